The van der Waals surface area contributed by atoms with Crippen LogP contribution in [0.5, 0.6) is 0 Å². The molecule has 1 heteroatoms. The molecule has 0 aromatic heterocycles. The topological polar surface area (TPSA) is 9.23 Å². The SMILES string of the molecule is CC.CC.CC.CC1=CCCO1. The molecule has 0 N–H and O–H groups in total. The highest BCUT2D eigenvalue weighted by Crippen LogP contribution is 2.05. The fraction of sp³-hybridized carbons (Fsp3) is 0.818. The molecule has 12 heavy (non-hydrogen) atoms. The number of allylic oxidation sites excluding steroid dienone is 1. The third-order valence-corrected chi connectivity index (χ3v) is 0.879. The number of rotatable bonds is 0. The van der Waals surface area contributed by atoms with Crippen LogP contribution in [0.25, 0.3) is 0 Å². The Morgan fingerprint density at radius 2 is 1.42 bits per heavy atom. The number of ether oxygens (including phenoxy) is 1. The molecule has 0 bridgehead atoms. The Kier molecular flexibility index (Phi) is 32.9. The second-order valence-electron chi connectivity index (χ2n) is 1.45. The van der Waals surface area contributed by atoms with Gasteiger partial charge in [-0.3, -0.25) is 0 Å². The Balaban J connectivity index is -0.000000117. The molecule has 1 nitrogen and oxygen atoms in total. The normalized spacial score (nSPS) is 11.4. The van der Waals surface area contributed by atoms with Crippen molar-refractivity contribution in [3.63, 3.8) is 0 Å². The van der Waals surface area contributed by atoms with E-state index in [1.54, 1.807) is 0 Å². The first-order chi connectivity index (χ1) is 5.89. The molecule has 0 aromatic rings. The van der Waals surface area contributed by atoms with Crippen molar-refractivity contribution < 1.29 is 4.74 Å². The lowest BCUT2D eigenvalue weighted by atomic mass is 10.4. The highest BCUT2D eigenvalue weighted by Gasteiger charge is 1.94. The smallest absolute Gasteiger partial charge is 0.0912 e. The number of hydrogen-bond acceptors (Lipinski definition) is 1. The molecule has 1 aliphatic rings. The lowest BCUT2D eigenvalue weighted by molar-refractivity contribution is 0.247. The van der Waals surface area contributed by atoms with Crippen LogP contribution in [0.3, 0.4) is 0 Å². The van der Waals surface area contributed by atoms with Crippen molar-refractivity contribution in [3.8, 4) is 0 Å². The van der Waals surface area contributed by atoms with Crippen LogP contribution in [0.15, 0.2) is 11.8 Å². The van der Waals surface area contributed by atoms with E-state index in [1.807, 2.05) is 48.5 Å². The van der Waals surface area contributed by atoms with Crippen molar-refractivity contribution in [1.82, 2.24) is 0 Å². The summed E-state index contributed by atoms with van der Waals surface area (Å²) in [5, 5.41) is 0. The van der Waals surface area contributed by atoms with Crippen LogP contribution in [0.4, 0.5) is 0 Å². The maximum absolute atomic E-state index is 5.01. The predicted molar refractivity (Wildman–Crippen MR) is 58.4 cm³/mol. The lowest BCUT2D eigenvalue weighted by Crippen LogP contribution is -1.76. The van der Waals surface area contributed by atoms with E-state index in [4.69, 9.17) is 4.74 Å². The summed E-state index contributed by atoms with van der Waals surface area (Å²) in [6.07, 6.45) is 3.20. The van der Waals surface area contributed by atoms with Gasteiger partial charge in [-0.15, -0.1) is 0 Å². The molecule has 0 radical (unpaired) electrons. The zero-order chi connectivity index (χ0) is 10.4. The Hall–Kier alpha value is -0.460. The first kappa shape index (κ1) is 17.6. The van der Waals surface area contributed by atoms with Crippen LogP contribution in [0, 0.1) is 0 Å². The maximum atomic E-state index is 5.01. The van der Waals surface area contributed by atoms with Gasteiger partial charge in [0.2, 0.25) is 0 Å². The van der Waals surface area contributed by atoms with Gasteiger partial charge in [0.1, 0.15) is 0 Å². The summed E-state index contributed by atoms with van der Waals surface area (Å²) in [6.45, 7) is 14.9. The molecule has 0 atom stereocenters. The third kappa shape index (κ3) is 16.3. The Labute approximate surface area is 78.8 Å². The summed E-state index contributed by atoms with van der Waals surface area (Å²) < 4.78 is 5.01. The zero-order valence-electron chi connectivity index (χ0n) is 9.90. The maximum Gasteiger partial charge on any atom is 0.0912 e. The van der Waals surface area contributed by atoms with E-state index in [2.05, 4.69) is 6.08 Å². The summed E-state index contributed by atoms with van der Waals surface area (Å²) in [4.78, 5) is 0. The molecule has 1 aliphatic heterocycles. The van der Waals surface area contributed by atoms with Gasteiger partial charge in [-0.1, -0.05) is 41.5 Å². The minimum Gasteiger partial charge on any atom is -0.498 e. The van der Waals surface area contributed by atoms with Crippen molar-refractivity contribution in [3.05, 3.63) is 11.8 Å². The number of hydrogen-bond donors (Lipinski definition) is 0. The molecule has 0 amide bonds. The summed E-state index contributed by atoms with van der Waals surface area (Å²) in [7, 11) is 0. The Morgan fingerprint density at radius 3 is 1.50 bits per heavy atom. The largest absolute Gasteiger partial charge is 0.498 e. The Bertz CT molecular complexity index is 75.1. The standard InChI is InChI=1S/C5H8O.3C2H6/c1-5-3-2-4-6-5;3*1-2/h3H,2,4H2,1H3;3*1-2H3. The van der Waals surface area contributed by atoms with Gasteiger partial charge >= 0.3 is 0 Å². The van der Waals surface area contributed by atoms with Gasteiger partial charge in [-0.2, -0.15) is 0 Å². The summed E-state index contributed by atoms with van der Waals surface area (Å²) in [5.74, 6) is 1.08. The molecule has 0 spiro atoms. The quantitative estimate of drug-likeness (QED) is 0.529. The van der Waals surface area contributed by atoms with Gasteiger partial charge < -0.3 is 4.74 Å². The van der Waals surface area contributed by atoms with Crippen molar-refractivity contribution in [2.45, 2.75) is 54.9 Å². The van der Waals surface area contributed by atoms with E-state index in [-0.39, 0.29) is 0 Å². The molecular formula is C11H26O. The van der Waals surface area contributed by atoms with Crippen LogP contribution in [-0.2, 0) is 4.74 Å². The Morgan fingerprint density at radius 1 is 1.00 bits per heavy atom. The summed E-state index contributed by atoms with van der Waals surface area (Å²) >= 11 is 0. The van der Waals surface area contributed by atoms with Crippen molar-refractivity contribution in [2.75, 3.05) is 6.61 Å². The fourth-order valence-electron chi connectivity index (χ4n) is 0.541. The molecule has 0 saturated carbocycles. The van der Waals surface area contributed by atoms with Crippen LogP contribution in [0.2, 0.25) is 0 Å². The second kappa shape index (κ2) is 22.4. The molecule has 1 rings (SSSR count). The van der Waals surface area contributed by atoms with Gasteiger partial charge in [-0.05, 0) is 13.0 Å². The fourth-order valence-corrected chi connectivity index (χ4v) is 0.541. The van der Waals surface area contributed by atoms with Crippen LogP contribution in [-0.4, -0.2) is 6.61 Å². The van der Waals surface area contributed by atoms with E-state index in [0.717, 1.165) is 18.8 Å². The van der Waals surface area contributed by atoms with Crippen molar-refractivity contribution in [1.29, 1.82) is 0 Å². The third-order valence-electron chi connectivity index (χ3n) is 0.879. The molecule has 0 saturated heterocycles. The van der Waals surface area contributed by atoms with Crippen molar-refractivity contribution in [2.24, 2.45) is 0 Å². The van der Waals surface area contributed by atoms with Gasteiger partial charge in [0.25, 0.3) is 0 Å². The minimum absolute atomic E-state index is 0.895. The highest BCUT2D eigenvalue weighted by molar-refractivity contribution is 4.92. The molecule has 0 aliphatic carbocycles. The van der Waals surface area contributed by atoms with E-state index in [9.17, 15) is 0 Å². The van der Waals surface area contributed by atoms with Gasteiger partial charge in [0, 0.05) is 6.42 Å². The molecule has 76 valence electrons. The van der Waals surface area contributed by atoms with Gasteiger partial charge in [0.05, 0.1) is 12.4 Å². The summed E-state index contributed by atoms with van der Waals surface area (Å²) in [5.41, 5.74) is 0. The van der Waals surface area contributed by atoms with Crippen LogP contribution < -0.4 is 0 Å². The molecule has 0 fully saturated rings. The molecule has 0 aromatic carbocycles. The van der Waals surface area contributed by atoms with E-state index >= 15 is 0 Å². The van der Waals surface area contributed by atoms with Crippen LogP contribution >= 0.6 is 0 Å². The van der Waals surface area contributed by atoms with E-state index in [0.29, 0.717) is 0 Å². The van der Waals surface area contributed by atoms with E-state index in [1.165, 1.54) is 0 Å². The monoisotopic (exact) mass is 174 g/mol. The highest BCUT2D eigenvalue weighted by atomic mass is 16.5. The van der Waals surface area contributed by atoms with Crippen molar-refractivity contribution >= 4 is 0 Å². The molecule has 1 heterocycles. The predicted octanol–water partition coefficient (Wildman–Crippen LogP) is 4.39. The van der Waals surface area contributed by atoms with Gasteiger partial charge in [-0.25, -0.2) is 0 Å². The first-order valence-electron chi connectivity index (χ1n) is 5.19. The first-order valence-corrected chi connectivity index (χ1v) is 5.19. The zero-order valence-corrected chi connectivity index (χ0v) is 9.90. The van der Waals surface area contributed by atoms with Crippen LogP contribution in [0.1, 0.15) is 54.9 Å². The van der Waals surface area contributed by atoms with Gasteiger partial charge in [0.15, 0.2) is 0 Å². The van der Waals surface area contributed by atoms with E-state index < -0.39 is 0 Å². The lowest BCUT2D eigenvalue weighted by Gasteiger charge is -1.89. The second-order valence-corrected chi connectivity index (χ2v) is 1.45. The minimum atomic E-state index is 0.895. The molecular weight excluding hydrogens is 148 g/mol. The summed E-state index contributed by atoms with van der Waals surface area (Å²) in [6, 6.07) is 0. The average molecular weight is 174 g/mol. The average Bonchev–Trinajstić information content (AvgIpc) is 2.66. The molecule has 0 unspecified atom stereocenters.